The third-order valence-corrected chi connectivity index (χ3v) is 3.06. The Morgan fingerprint density at radius 1 is 0.833 bits per heavy atom. The summed E-state index contributed by atoms with van der Waals surface area (Å²) in [5, 5.41) is 0. The van der Waals surface area contributed by atoms with Gasteiger partial charge >= 0.3 is 5.97 Å². The van der Waals surface area contributed by atoms with Gasteiger partial charge in [-0.25, -0.2) is 4.79 Å². The molecular weight excluding hydrogens is 310 g/mol. The number of Topliss-reactive ketones (excluding diaryl/α,β-unsaturated/α-hetero) is 1. The van der Waals surface area contributed by atoms with Crippen LogP contribution in [-0.4, -0.2) is 38.2 Å². The summed E-state index contributed by atoms with van der Waals surface area (Å²) in [7, 11) is 0. The minimum absolute atomic E-state index is 0.0132. The molecule has 126 valence electrons. The lowest BCUT2D eigenvalue weighted by Crippen LogP contribution is -2.20. The first kappa shape index (κ1) is 17.5. The molecule has 0 bridgehead atoms. The Balaban J connectivity index is 1.55. The highest BCUT2D eigenvalue weighted by atomic mass is 16.6. The maximum absolute atomic E-state index is 11.7. The third-order valence-electron chi connectivity index (χ3n) is 3.06. The molecule has 0 aliphatic heterocycles. The van der Waals surface area contributed by atoms with Gasteiger partial charge in [0.2, 0.25) is 0 Å². The van der Waals surface area contributed by atoms with Crippen molar-refractivity contribution in [3.05, 3.63) is 60.2 Å². The molecule has 0 aliphatic rings. The number of ether oxygens (including phenoxy) is 3. The van der Waals surface area contributed by atoms with Gasteiger partial charge in [0, 0.05) is 11.3 Å². The first-order chi connectivity index (χ1) is 11.7. The number of anilines is 1. The van der Waals surface area contributed by atoms with E-state index in [0.29, 0.717) is 30.2 Å². The van der Waals surface area contributed by atoms with Crippen LogP contribution in [0.5, 0.6) is 5.75 Å². The Kier molecular flexibility index (Phi) is 6.79. The lowest BCUT2D eigenvalue weighted by molar-refractivity contribution is -0.139. The van der Waals surface area contributed by atoms with Crippen LogP contribution < -0.4 is 10.5 Å². The molecule has 6 nitrogen and oxygen atoms in total. The molecule has 0 aliphatic carbocycles. The molecule has 2 aromatic carbocycles. The van der Waals surface area contributed by atoms with Gasteiger partial charge in [0.1, 0.15) is 19.0 Å². The van der Waals surface area contributed by atoms with Crippen molar-refractivity contribution in [2.75, 3.05) is 32.2 Å². The molecule has 0 saturated heterocycles. The second kappa shape index (κ2) is 9.32. The summed E-state index contributed by atoms with van der Waals surface area (Å²) in [4.78, 5) is 23.3. The van der Waals surface area contributed by atoms with E-state index in [1.807, 2.05) is 0 Å². The van der Waals surface area contributed by atoms with Gasteiger partial charge in [0.15, 0.2) is 0 Å². The summed E-state index contributed by atoms with van der Waals surface area (Å²) in [5.41, 5.74) is 6.55. The van der Waals surface area contributed by atoms with E-state index in [4.69, 9.17) is 19.9 Å². The molecule has 2 rings (SSSR count). The number of benzene rings is 2. The Labute approximate surface area is 140 Å². The molecule has 2 N–H and O–H groups in total. The van der Waals surface area contributed by atoms with Crippen LogP contribution in [0, 0.1) is 0 Å². The molecule has 2 aromatic rings. The van der Waals surface area contributed by atoms with E-state index in [1.54, 1.807) is 54.6 Å². The third kappa shape index (κ3) is 5.73. The number of rotatable bonds is 9. The van der Waals surface area contributed by atoms with Crippen LogP contribution in [0.15, 0.2) is 54.6 Å². The van der Waals surface area contributed by atoms with Crippen LogP contribution in [0.25, 0.3) is 0 Å². The molecule has 0 spiro atoms. The molecule has 6 heteroatoms. The van der Waals surface area contributed by atoms with Crippen LogP contribution in [0.3, 0.4) is 0 Å². The Morgan fingerprint density at radius 3 is 2.21 bits per heavy atom. The van der Waals surface area contributed by atoms with Gasteiger partial charge in [-0.1, -0.05) is 30.3 Å². The second-order valence-electron chi connectivity index (χ2n) is 4.86. The minimum Gasteiger partial charge on any atom is -0.491 e. The number of nitrogen functional groups attached to an aromatic ring is 1. The number of carbonyl (C=O) groups excluding carboxylic acids is 2. The summed E-state index contributed by atoms with van der Waals surface area (Å²) in [6.45, 7) is 0.910. The highest BCUT2D eigenvalue weighted by Gasteiger charge is 2.16. The zero-order valence-electron chi connectivity index (χ0n) is 13.1. The van der Waals surface area contributed by atoms with Crippen molar-refractivity contribution in [3.63, 3.8) is 0 Å². The Bertz CT molecular complexity index is 655. The Hall–Kier alpha value is -2.86. The van der Waals surface area contributed by atoms with E-state index in [1.165, 1.54) is 0 Å². The van der Waals surface area contributed by atoms with Crippen molar-refractivity contribution >= 4 is 17.4 Å². The predicted octanol–water partition coefficient (Wildman–Crippen LogP) is 2.09. The van der Waals surface area contributed by atoms with E-state index < -0.39 is 11.8 Å². The summed E-state index contributed by atoms with van der Waals surface area (Å²) in [5.74, 6) is -0.849. The average molecular weight is 329 g/mol. The lowest BCUT2D eigenvalue weighted by Gasteiger charge is -2.08. The van der Waals surface area contributed by atoms with E-state index in [-0.39, 0.29) is 13.2 Å². The van der Waals surface area contributed by atoms with Crippen molar-refractivity contribution in [3.8, 4) is 5.75 Å². The van der Waals surface area contributed by atoms with Crippen molar-refractivity contribution in [2.45, 2.75) is 0 Å². The van der Waals surface area contributed by atoms with Crippen molar-refractivity contribution in [2.24, 2.45) is 0 Å². The maximum Gasteiger partial charge on any atom is 0.379 e. The smallest absolute Gasteiger partial charge is 0.379 e. The van der Waals surface area contributed by atoms with Crippen LogP contribution >= 0.6 is 0 Å². The van der Waals surface area contributed by atoms with Crippen LogP contribution in [0.1, 0.15) is 10.4 Å². The van der Waals surface area contributed by atoms with Crippen molar-refractivity contribution in [1.29, 1.82) is 0 Å². The molecule has 0 saturated carbocycles. The predicted molar refractivity (Wildman–Crippen MR) is 88.9 cm³/mol. The van der Waals surface area contributed by atoms with E-state index >= 15 is 0 Å². The largest absolute Gasteiger partial charge is 0.491 e. The molecule has 0 amide bonds. The molecule has 0 atom stereocenters. The standard InChI is InChI=1S/C18H19NO5/c19-15-6-8-16(9-7-15)23-12-10-22-11-13-24-18(21)17(20)14-4-2-1-3-5-14/h1-9H,10-13,19H2. The van der Waals surface area contributed by atoms with Gasteiger partial charge in [0.25, 0.3) is 5.78 Å². The summed E-state index contributed by atoms with van der Waals surface area (Å²) >= 11 is 0. The number of hydrogen-bond acceptors (Lipinski definition) is 6. The van der Waals surface area contributed by atoms with Gasteiger partial charge < -0.3 is 19.9 Å². The topological polar surface area (TPSA) is 87.8 Å². The molecule has 24 heavy (non-hydrogen) atoms. The minimum atomic E-state index is -0.886. The quantitative estimate of drug-likeness (QED) is 0.249. The highest BCUT2D eigenvalue weighted by molar-refractivity contribution is 6.40. The Morgan fingerprint density at radius 2 is 1.50 bits per heavy atom. The van der Waals surface area contributed by atoms with Crippen LogP contribution in [0.4, 0.5) is 5.69 Å². The second-order valence-corrected chi connectivity index (χ2v) is 4.86. The SMILES string of the molecule is Nc1ccc(OCCOCCOC(=O)C(=O)c2ccccc2)cc1. The van der Waals surface area contributed by atoms with Gasteiger partial charge in [-0.3, -0.25) is 4.79 Å². The molecule has 0 unspecified atom stereocenters. The fourth-order valence-electron chi connectivity index (χ4n) is 1.85. The fraction of sp³-hybridized carbons (Fsp3) is 0.222. The van der Waals surface area contributed by atoms with Crippen molar-refractivity contribution < 1.29 is 23.8 Å². The maximum atomic E-state index is 11.7. The first-order valence-electron chi connectivity index (χ1n) is 7.49. The molecule has 0 radical (unpaired) electrons. The fourth-order valence-corrected chi connectivity index (χ4v) is 1.85. The average Bonchev–Trinajstić information content (AvgIpc) is 2.62. The van der Waals surface area contributed by atoms with Gasteiger partial charge in [-0.15, -0.1) is 0 Å². The zero-order chi connectivity index (χ0) is 17.2. The van der Waals surface area contributed by atoms with Gasteiger partial charge in [0.05, 0.1) is 13.2 Å². The van der Waals surface area contributed by atoms with Crippen LogP contribution in [0.2, 0.25) is 0 Å². The molecular formula is C18H19NO5. The molecule has 0 fully saturated rings. The monoisotopic (exact) mass is 329 g/mol. The number of hydrogen-bond donors (Lipinski definition) is 1. The number of nitrogens with two attached hydrogens (primary N) is 1. The van der Waals surface area contributed by atoms with E-state index in [0.717, 1.165) is 0 Å². The highest BCUT2D eigenvalue weighted by Crippen LogP contribution is 2.12. The number of esters is 1. The van der Waals surface area contributed by atoms with E-state index in [9.17, 15) is 9.59 Å². The van der Waals surface area contributed by atoms with E-state index in [2.05, 4.69) is 0 Å². The normalized spacial score (nSPS) is 10.2. The number of ketones is 1. The summed E-state index contributed by atoms with van der Waals surface area (Å²) in [6, 6.07) is 15.3. The first-order valence-corrected chi connectivity index (χ1v) is 7.49. The summed E-state index contributed by atoms with van der Waals surface area (Å²) in [6.07, 6.45) is 0. The van der Waals surface area contributed by atoms with Gasteiger partial charge in [-0.2, -0.15) is 0 Å². The van der Waals surface area contributed by atoms with Crippen molar-refractivity contribution in [1.82, 2.24) is 0 Å². The van der Waals surface area contributed by atoms with Gasteiger partial charge in [-0.05, 0) is 24.3 Å². The van der Waals surface area contributed by atoms with Crippen LogP contribution in [-0.2, 0) is 14.3 Å². The molecule has 0 aromatic heterocycles. The number of carbonyl (C=O) groups is 2. The lowest BCUT2D eigenvalue weighted by atomic mass is 10.1. The zero-order valence-corrected chi connectivity index (χ0v) is 13.1. The molecule has 0 heterocycles. The summed E-state index contributed by atoms with van der Waals surface area (Å²) < 4.78 is 15.6.